The zero-order chi connectivity index (χ0) is 10.0. The van der Waals surface area contributed by atoms with Crippen molar-refractivity contribution in [1.82, 2.24) is 0 Å². The lowest BCUT2D eigenvalue weighted by atomic mass is 10.2. The van der Waals surface area contributed by atoms with Crippen LogP contribution >= 0.6 is 12.6 Å². The number of hydrogen-bond donors (Lipinski definition) is 1. The van der Waals surface area contributed by atoms with E-state index in [2.05, 4.69) is 12.6 Å². The Labute approximate surface area is 78.2 Å². The van der Waals surface area contributed by atoms with Gasteiger partial charge in [0.05, 0.1) is 9.82 Å². The van der Waals surface area contributed by atoms with Crippen LogP contribution in [0, 0.1) is 27.3 Å². The van der Waals surface area contributed by atoms with Crippen molar-refractivity contribution in [2.75, 3.05) is 0 Å². The molecular weight excluding hydrogens is 195 g/mol. The Balaban J connectivity index is 3.50. The third-order valence-electron chi connectivity index (χ3n) is 1.42. The number of hydrogen-bond acceptors (Lipinski definition) is 4. The van der Waals surface area contributed by atoms with Gasteiger partial charge in [-0.2, -0.15) is 5.26 Å². The predicted octanol–water partition coefficient (Wildman–Crippen LogP) is 1.89. The molecule has 0 spiro atoms. The van der Waals surface area contributed by atoms with Gasteiger partial charge in [0.2, 0.25) is 0 Å². The summed E-state index contributed by atoms with van der Waals surface area (Å²) in [5.74, 6) is -0.745. The van der Waals surface area contributed by atoms with Crippen molar-refractivity contribution in [1.29, 1.82) is 5.26 Å². The molecule has 0 saturated carbocycles. The average Bonchev–Trinajstić information content (AvgIpc) is 2.09. The number of halogens is 1. The Morgan fingerprint density at radius 3 is 2.69 bits per heavy atom. The minimum Gasteiger partial charge on any atom is -0.258 e. The maximum Gasteiger partial charge on any atom is 0.288 e. The second-order valence-electron chi connectivity index (χ2n) is 2.16. The molecule has 66 valence electrons. The van der Waals surface area contributed by atoms with Crippen LogP contribution in [0.4, 0.5) is 10.1 Å². The van der Waals surface area contributed by atoms with Crippen LogP contribution in [-0.2, 0) is 0 Å². The predicted molar refractivity (Wildman–Crippen MR) is 45.0 cm³/mol. The van der Waals surface area contributed by atoms with Crippen LogP contribution in [0.3, 0.4) is 0 Å². The molecule has 0 amide bonds. The summed E-state index contributed by atoms with van der Waals surface area (Å²) in [6.07, 6.45) is 0. The molecule has 0 aliphatic carbocycles. The number of nitrogens with zero attached hydrogens (tertiary/aromatic N) is 2. The van der Waals surface area contributed by atoms with Crippen molar-refractivity contribution < 1.29 is 9.31 Å². The molecule has 0 aromatic heterocycles. The number of nitro benzene ring substituents is 1. The van der Waals surface area contributed by atoms with Crippen molar-refractivity contribution in [3.05, 3.63) is 33.6 Å². The highest BCUT2D eigenvalue weighted by atomic mass is 32.1. The van der Waals surface area contributed by atoms with Crippen LogP contribution in [0.5, 0.6) is 0 Å². The first-order valence-corrected chi connectivity index (χ1v) is 3.58. The highest BCUT2D eigenvalue weighted by molar-refractivity contribution is 7.80. The molecule has 0 aliphatic rings. The molecule has 0 saturated heterocycles. The smallest absolute Gasteiger partial charge is 0.258 e. The van der Waals surface area contributed by atoms with Crippen LogP contribution in [0.15, 0.2) is 17.0 Å². The van der Waals surface area contributed by atoms with Gasteiger partial charge in [0.1, 0.15) is 17.4 Å². The molecule has 13 heavy (non-hydrogen) atoms. The lowest BCUT2D eigenvalue weighted by Crippen LogP contribution is -1.94. The second kappa shape index (κ2) is 3.41. The Morgan fingerprint density at radius 2 is 2.23 bits per heavy atom. The number of nitriles is 1. The number of thiol groups is 1. The van der Waals surface area contributed by atoms with Gasteiger partial charge in [-0.25, -0.2) is 4.39 Å². The number of rotatable bonds is 1. The molecule has 1 aromatic carbocycles. The summed E-state index contributed by atoms with van der Waals surface area (Å²) in [5.41, 5.74) is -0.790. The topological polar surface area (TPSA) is 66.9 Å². The minimum atomic E-state index is -0.752. The fourth-order valence-electron chi connectivity index (χ4n) is 0.817. The highest BCUT2D eigenvalue weighted by Crippen LogP contribution is 2.26. The fraction of sp³-hybridized carbons (Fsp3) is 0. The van der Waals surface area contributed by atoms with E-state index in [-0.39, 0.29) is 10.5 Å². The standard InChI is InChI=1S/C7H3FN2O2S/c8-5-1-2-6(10(11)12)4(3-9)7(5)13/h1-2,13H. The van der Waals surface area contributed by atoms with Gasteiger partial charge in [-0.05, 0) is 6.07 Å². The maximum absolute atomic E-state index is 12.8. The Hall–Kier alpha value is -1.61. The number of benzene rings is 1. The van der Waals surface area contributed by atoms with Crippen molar-refractivity contribution in [3.8, 4) is 6.07 Å². The Kier molecular flexibility index (Phi) is 2.49. The molecule has 0 radical (unpaired) electrons. The average molecular weight is 198 g/mol. The van der Waals surface area contributed by atoms with Crippen LogP contribution in [0.2, 0.25) is 0 Å². The first kappa shape index (κ1) is 9.48. The summed E-state index contributed by atoms with van der Waals surface area (Å²) in [6, 6.07) is 3.37. The van der Waals surface area contributed by atoms with Crippen LogP contribution < -0.4 is 0 Å². The van der Waals surface area contributed by atoms with Gasteiger partial charge in [0.25, 0.3) is 5.69 Å². The summed E-state index contributed by atoms with van der Waals surface area (Å²) in [5, 5.41) is 18.8. The zero-order valence-corrected chi connectivity index (χ0v) is 7.09. The van der Waals surface area contributed by atoms with Gasteiger partial charge < -0.3 is 0 Å². The summed E-state index contributed by atoms with van der Waals surface area (Å²) in [6.45, 7) is 0. The fourth-order valence-corrected chi connectivity index (χ4v) is 1.06. The van der Waals surface area contributed by atoms with Crippen molar-refractivity contribution >= 4 is 18.3 Å². The van der Waals surface area contributed by atoms with Crippen LogP contribution in [-0.4, -0.2) is 4.92 Å². The summed E-state index contributed by atoms with van der Waals surface area (Å²) in [7, 11) is 0. The molecule has 0 bridgehead atoms. The monoisotopic (exact) mass is 198 g/mol. The molecule has 0 heterocycles. The van der Waals surface area contributed by atoms with Gasteiger partial charge >= 0.3 is 0 Å². The van der Waals surface area contributed by atoms with Crippen LogP contribution in [0.25, 0.3) is 0 Å². The SMILES string of the molecule is N#Cc1c([N+](=O)[O-])ccc(F)c1S. The number of nitro groups is 1. The van der Waals surface area contributed by atoms with Gasteiger partial charge in [-0.1, -0.05) is 0 Å². The highest BCUT2D eigenvalue weighted by Gasteiger charge is 2.18. The molecule has 0 unspecified atom stereocenters. The van der Waals surface area contributed by atoms with E-state index in [0.717, 1.165) is 12.1 Å². The molecule has 6 heteroatoms. The van der Waals surface area contributed by atoms with Crippen molar-refractivity contribution in [3.63, 3.8) is 0 Å². The molecule has 1 aromatic rings. The van der Waals surface area contributed by atoms with Gasteiger partial charge in [0, 0.05) is 6.07 Å². The van der Waals surface area contributed by atoms with E-state index in [1.54, 1.807) is 0 Å². The normalized spacial score (nSPS) is 9.31. The Morgan fingerprint density at radius 1 is 1.62 bits per heavy atom. The van der Waals surface area contributed by atoms with E-state index in [4.69, 9.17) is 5.26 Å². The molecule has 0 fully saturated rings. The summed E-state index contributed by atoms with van der Waals surface area (Å²) >= 11 is 3.65. The maximum atomic E-state index is 12.8. The summed E-state index contributed by atoms with van der Waals surface area (Å²) < 4.78 is 12.8. The van der Waals surface area contributed by atoms with E-state index in [1.807, 2.05) is 0 Å². The molecule has 4 nitrogen and oxygen atoms in total. The van der Waals surface area contributed by atoms with Crippen LogP contribution in [0.1, 0.15) is 5.56 Å². The minimum absolute atomic E-state index is 0.295. The molecule has 0 N–H and O–H groups in total. The van der Waals surface area contributed by atoms with E-state index in [9.17, 15) is 14.5 Å². The van der Waals surface area contributed by atoms with E-state index < -0.39 is 16.4 Å². The lowest BCUT2D eigenvalue weighted by molar-refractivity contribution is -0.385. The quantitative estimate of drug-likeness (QED) is 0.425. The zero-order valence-electron chi connectivity index (χ0n) is 6.19. The second-order valence-corrected chi connectivity index (χ2v) is 2.61. The van der Waals surface area contributed by atoms with Gasteiger partial charge in [0.15, 0.2) is 0 Å². The molecule has 0 aliphatic heterocycles. The Bertz CT molecular complexity index is 414. The molecular formula is C7H3FN2O2S. The van der Waals surface area contributed by atoms with E-state index in [0.29, 0.717) is 0 Å². The van der Waals surface area contributed by atoms with E-state index in [1.165, 1.54) is 6.07 Å². The lowest BCUT2D eigenvalue weighted by Gasteiger charge is -1.98. The first-order valence-electron chi connectivity index (χ1n) is 3.14. The summed E-state index contributed by atoms with van der Waals surface area (Å²) in [4.78, 5) is 9.30. The largest absolute Gasteiger partial charge is 0.288 e. The molecule has 1 rings (SSSR count). The van der Waals surface area contributed by atoms with Crippen molar-refractivity contribution in [2.45, 2.75) is 4.90 Å². The third-order valence-corrected chi connectivity index (χ3v) is 1.85. The van der Waals surface area contributed by atoms with E-state index >= 15 is 0 Å². The van der Waals surface area contributed by atoms with Gasteiger partial charge in [-0.3, -0.25) is 10.1 Å². The molecule has 0 atom stereocenters. The van der Waals surface area contributed by atoms with Gasteiger partial charge in [-0.15, -0.1) is 12.6 Å². The van der Waals surface area contributed by atoms with Crippen molar-refractivity contribution in [2.24, 2.45) is 0 Å². The first-order chi connectivity index (χ1) is 6.07. The third kappa shape index (κ3) is 1.60.